The van der Waals surface area contributed by atoms with Gasteiger partial charge in [-0.2, -0.15) is 5.26 Å². The average molecular weight is 408 g/mol. The zero-order valence-corrected chi connectivity index (χ0v) is 17.0. The van der Waals surface area contributed by atoms with Crippen LogP contribution < -0.4 is 10.6 Å². The molecule has 1 aliphatic heterocycles. The lowest BCUT2D eigenvalue weighted by Gasteiger charge is -2.15. The van der Waals surface area contributed by atoms with E-state index in [9.17, 15) is 10.1 Å². The molecule has 8 nitrogen and oxygen atoms in total. The van der Waals surface area contributed by atoms with E-state index in [0.29, 0.717) is 23.8 Å². The van der Waals surface area contributed by atoms with E-state index in [4.69, 9.17) is 4.98 Å². The number of hydrogen-bond donors (Lipinski definition) is 2. The number of aryl methyl sites for hydroxylation is 2. The van der Waals surface area contributed by atoms with Crippen molar-refractivity contribution in [2.24, 2.45) is 0 Å². The summed E-state index contributed by atoms with van der Waals surface area (Å²) < 4.78 is 2.03. The highest BCUT2D eigenvalue weighted by Gasteiger charge is 2.27. The van der Waals surface area contributed by atoms with Crippen molar-refractivity contribution in [3.8, 4) is 6.07 Å². The van der Waals surface area contributed by atoms with Crippen LogP contribution in [0, 0.1) is 18.3 Å². The maximum absolute atomic E-state index is 12.4. The number of thioether (sulfide) groups is 1. The SMILES string of the molecule is CCn1c(C(C#N)c2nc(NC(=O)[C@H]3CSCN3)ncc2C)nc2ccccc21. The zero-order chi connectivity index (χ0) is 20.4. The first-order chi connectivity index (χ1) is 14.1. The number of fused-ring (bicyclic) bond motifs is 1. The Kier molecular flexibility index (Phi) is 5.47. The molecule has 3 aromatic rings. The number of hydrogen-bond acceptors (Lipinski definition) is 7. The highest BCUT2D eigenvalue weighted by atomic mass is 32.2. The number of nitrogens with zero attached hydrogens (tertiary/aromatic N) is 5. The second-order valence-electron chi connectivity index (χ2n) is 6.79. The Morgan fingerprint density at radius 3 is 3.00 bits per heavy atom. The monoisotopic (exact) mass is 407 g/mol. The van der Waals surface area contributed by atoms with Crippen LogP contribution in [0.2, 0.25) is 0 Å². The molecule has 0 saturated carbocycles. The normalized spacial score (nSPS) is 17.2. The Labute approximate surface area is 172 Å². The minimum Gasteiger partial charge on any atom is -0.327 e. The maximum atomic E-state index is 12.4. The van der Waals surface area contributed by atoms with Crippen LogP contribution >= 0.6 is 11.8 Å². The molecule has 148 valence electrons. The molecular weight excluding hydrogens is 386 g/mol. The van der Waals surface area contributed by atoms with Crippen LogP contribution in [0.3, 0.4) is 0 Å². The lowest BCUT2D eigenvalue weighted by Crippen LogP contribution is -2.38. The van der Waals surface area contributed by atoms with Gasteiger partial charge in [0.15, 0.2) is 0 Å². The minimum atomic E-state index is -0.666. The van der Waals surface area contributed by atoms with Gasteiger partial charge in [0.25, 0.3) is 0 Å². The van der Waals surface area contributed by atoms with E-state index in [1.54, 1.807) is 18.0 Å². The summed E-state index contributed by atoms with van der Waals surface area (Å²) >= 11 is 1.67. The molecule has 2 N–H and O–H groups in total. The van der Waals surface area contributed by atoms with Crippen molar-refractivity contribution in [2.45, 2.75) is 32.4 Å². The van der Waals surface area contributed by atoms with E-state index in [1.807, 2.05) is 42.7 Å². The van der Waals surface area contributed by atoms with Gasteiger partial charge in [-0.05, 0) is 31.5 Å². The van der Waals surface area contributed by atoms with Crippen molar-refractivity contribution in [1.82, 2.24) is 24.8 Å². The fourth-order valence-electron chi connectivity index (χ4n) is 3.46. The van der Waals surface area contributed by atoms with Crippen LogP contribution in [0.4, 0.5) is 5.95 Å². The van der Waals surface area contributed by atoms with Crippen molar-refractivity contribution in [3.63, 3.8) is 0 Å². The van der Waals surface area contributed by atoms with Crippen LogP contribution in [0.25, 0.3) is 11.0 Å². The van der Waals surface area contributed by atoms with Gasteiger partial charge >= 0.3 is 0 Å². The molecule has 2 atom stereocenters. The van der Waals surface area contributed by atoms with E-state index in [-0.39, 0.29) is 17.9 Å². The molecule has 2 aromatic heterocycles. The summed E-state index contributed by atoms with van der Waals surface area (Å²) in [6.45, 7) is 4.57. The molecule has 1 fully saturated rings. The number of amides is 1. The molecular formula is C20H21N7OS. The van der Waals surface area contributed by atoms with Gasteiger partial charge in [-0.3, -0.25) is 15.4 Å². The van der Waals surface area contributed by atoms with Gasteiger partial charge in [0.2, 0.25) is 11.9 Å². The molecule has 3 heterocycles. The van der Waals surface area contributed by atoms with Gasteiger partial charge in [-0.25, -0.2) is 15.0 Å². The lowest BCUT2D eigenvalue weighted by molar-refractivity contribution is -0.117. The lowest BCUT2D eigenvalue weighted by atomic mass is 10.0. The van der Waals surface area contributed by atoms with Crippen LogP contribution in [0.1, 0.15) is 29.9 Å². The van der Waals surface area contributed by atoms with Gasteiger partial charge < -0.3 is 4.57 Å². The van der Waals surface area contributed by atoms with E-state index < -0.39 is 5.92 Å². The Morgan fingerprint density at radius 1 is 1.45 bits per heavy atom. The number of anilines is 1. The molecule has 1 aliphatic rings. The highest BCUT2D eigenvalue weighted by Crippen LogP contribution is 2.28. The number of rotatable bonds is 5. The number of carbonyl (C=O) groups is 1. The summed E-state index contributed by atoms with van der Waals surface area (Å²) in [7, 11) is 0. The predicted octanol–water partition coefficient (Wildman–Crippen LogP) is 2.41. The molecule has 0 aliphatic carbocycles. The zero-order valence-electron chi connectivity index (χ0n) is 16.2. The molecule has 0 radical (unpaired) electrons. The summed E-state index contributed by atoms with van der Waals surface area (Å²) in [4.78, 5) is 25.9. The van der Waals surface area contributed by atoms with Crippen LogP contribution in [0.5, 0.6) is 0 Å². The summed E-state index contributed by atoms with van der Waals surface area (Å²) in [6.07, 6.45) is 1.64. The molecule has 1 amide bonds. The van der Waals surface area contributed by atoms with E-state index in [2.05, 4.69) is 26.7 Å². The number of nitrogens with one attached hydrogen (secondary N) is 2. The van der Waals surface area contributed by atoms with Gasteiger partial charge in [0.05, 0.1) is 28.8 Å². The Hall–Kier alpha value is -2.96. The first kappa shape index (κ1) is 19.4. The number of aromatic nitrogens is 4. The molecule has 9 heteroatoms. The number of benzene rings is 1. The van der Waals surface area contributed by atoms with Crippen LogP contribution in [0.15, 0.2) is 30.5 Å². The first-order valence-corrected chi connectivity index (χ1v) is 10.6. The third kappa shape index (κ3) is 3.69. The molecule has 0 bridgehead atoms. The smallest absolute Gasteiger partial charge is 0.244 e. The molecule has 4 rings (SSSR count). The summed E-state index contributed by atoms with van der Waals surface area (Å²) in [5.41, 5.74) is 3.15. The summed E-state index contributed by atoms with van der Waals surface area (Å²) in [5.74, 6) is 1.48. The van der Waals surface area contributed by atoms with E-state index >= 15 is 0 Å². The van der Waals surface area contributed by atoms with Gasteiger partial charge in [0, 0.05) is 24.4 Å². The molecule has 1 saturated heterocycles. The summed E-state index contributed by atoms with van der Waals surface area (Å²) in [6, 6.07) is 9.90. The number of para-hydroxylation sites is 2. The van der Waals surface area contributed by atoms with Crippen molar-refractivity contribution in [3.05, 3.63) is 47.5 Å². The van der Waals surface area contributed by atoms with Crippen LogP contribution in [-0.4, -0.2) is 43.1 Å². The van der Waals surface area contributed by atoms with Gasteiger partial charge in [-0.15, -0.1) is 11.8 Å². The molecule has 29 heavy (non-hydrogen) atoms. The quantitative estimate of drug-likeness (QED) is 0.668. The third-order valence-electron chi connectivity index (χ3n) is 4.94. The van der Waals surface area contributed by atoms with E-state index in [1.165, 1.54) is 0 Å². The molecule has 1 aromatic carbocycles. The number of carbonyl (C=O) groups excluding carboxylic acids is 1. The van der Waals surface area contributed by atoms with E-state index in [0.717, 1.165) is 22.5 Å². The van der Waals surface area contributed by atoms with Gasteiger partial charge in [-0.1, -0.05) is 12.1 Å². The average Bonchev–Trinajstić information content (AvgIpc) is 3.38. The number of imidazole rings is 1. The Morgan fingerprint density at radius 2 is 2.28 bits per heavy atom. The predicted molar refractivity (Wildman–Crippen MR) is 113 cm³/mol. The highest BCUT2D eigenvalue weighted by molar-refractivity contribution is 7.99. The Bertz CT molecular complexity index is 1100. The van der Waals surface area contributed by atoms with Crippen molar-refractivity contribution < 1.29 is 4.79 Å². The van der Waals surface area contributed by atoms with Crippen molar-refractivity contribution in [1.29, 1.82) is 5.26 Å². The Balaban J connectivity index is 1.71. The summed E-state index contributed by atoms with van der Waals surface area (Å²) in [5, 5.41) is 15.9. The fourth-order valence-corrected chi connectivity index (χ4v) is 4.40. The second kappa shape index (κ2) is 8.19. The van der Waals surface area contributed by atoms with Crippen LogP contribution in [-0.2, 0) is 11.3 Å². The first-order valence-electron chi connectivity index (χ1n) is 9.42. The third-order valence-corrected chi connectivity index (χ3v) is 5.88. The second-order valence-corrected chi connectivity index (χ2v) is 7.82. The van der Waals surface area contributed by atoms with Crippen molar-refractivity contribution in [2.75, 3.05) is 16.9 Å². The maximum Gasteiger partial charge on any atom is 0.244 e. The molecule has 1 unspecified atom stereocenters. The number of nitriles is 1. The largest absolute Gasteiger partial charge is 0.327 e. The fraction of sp³-hybridized carbons (Fsp3) is 0.350. The molecule has 0 spiro atoms. The van der Waals surface area contributed by atoms with Crippen molar-refractivity contribution >= 4 is 34.7 Å². The van der Waals surface area contributed by atoms with Gasteiger partial charge in [0.1, 0.15) is 11.7 Å². The standard InChI is InChI=1S/C20H21N7OS/c1-3-27-16-7-5-4-6-14(16)24-18(27)13(8-21)17-12(2)9-22-20(25-17)26-19(28)15-10-29-11-23-15/h4-7,9,13,15,23H,3,10-11H2,1-2H3,(H,22,25,26,28)/t13?,15-/m1/s1. The minimum absolute atomic E-state index is 0.167. The topological polar surface area (TPSA) is 109 Å².